The quantitative estimate of drug-likeness (QED) is 0.748. The summed E-state index contributed by atoms with van der Waals surface area (Å²) >= 11 is 0. The Morgan fingerprint density at radius 3 is 2.87 bits per heavy atom. The van der Waals surface area contributed by atoms with Crippen LogP contribution < -0.4 is 15.8 Å². The molecule has 7 nitrogen and oxygen atoms in total. The Hall–Kier alpha value is -3.35. The number of dihydropyridines is 1. The smallest absolute Gasteiger partial charge is 0.151 e. The van der Waals surface area contributed by atoms with Crippen molar-refractivity contribution >= 4 is 17.6 Å². The Bertz CT molecular complexity index is 813. The van der Waals surface area contributed by atoms with Crippen LogP contribution >= 0.6 is 0 Å². The largest absolute Gasteiger partial charge is 0.454 e. The van der Waals surface area contributed by atoms with E-state index in [9.17, 15) is 0 Å². The highest BCUT2D eigenvalue weighted by atomic mass is 16.5. The third kappa shape index (κ3) is 3.29. The van der Waals surface area contributed by atoms with Gasteiger partial charge in [0.15, 0.2) is 5.76 Å². The van der Waals surface area contributed by atoms with Gasteiger partial charge in [0.1, 0.15) is 11.6 Å². The summed E-state index contributed by atoms with van der Waals surface area (Å²) in [7, 11) is 1.91. The van der Waals surface area contributed by atoms with Crippen LogP contribution in [-0.4, -0.2) is 20.7 Å². The van der Waals surface area contributed by atoms with E-state index in [0.29, 0.717) is 23.0 Å². The molecule has 0 aliphatic carbocycles. The number of nitrogens with one attached hydrogen (secondary N) is 2. The second-order valence-electron chi connectivity index (χ2n) is 4.94. The summed E-state index contributed by atoms with van der Waals surface area (Å²) in [5.41, 5.74) is 7.96. The Labute approximate surface area is 133 Å². The standard InChI is InChI=1S/C16H16N6O/c1-22-9-14(21-10-22)11-6-15(13(4-5-17)19-7-11)23-12-2-3-16(18)20-8-12/h2-10,17,19H,1H3,(H2,18,20)/b13-4-,17-5?. The first-order chi connectivity index (χ1) is 11.2. The zero-order valence-corrected chi connectivity index (χ0v) is 12.5. The van der Waals surface area contributed by atoms with Gasteiger partial charge in [0, 0.05) is 31.2 Å². The highest BCUT2D eigenvalue weighted by Crippen LogP contribution is 2.25. The van der Waals surface area contributed by atoms with E-state index in [-0.39, 0.29) is 0 Å². The minimum Gasteiger partial charge on any atom is -0.454 e. The maximum Gasteiger partial charge on any atom is 0.151 e. The average molecular weight is 308 g/mol. The van der Waals surface area contributed by atoms with Crippen LogP contribution in [0.2, 0.25) is 0 Å². The van der Waals surface area contributed by atoms with E-state index in [1.54, 1.807) is 30.7 Å². The minimum absolute atomic E-state index is 0.428. The summed E-state index contributed by atoms with van der Waals surface area (Å²) in [6.07, 6.45) is 11.7. The van der Waals surface area contributed by atoms with Crippen LogP contribution in [0.4, 0.5) is 5.82 Å². The molecule has 0 atom stereocenters. The van der Waals surface area contributed by atoms with Crippen molar-refractivity contribution in [3.05, 3.63) is 66.4 Å². The van der Waals surface area contributed by atoms with Crippen molar-refractivity contribution in [3.8, 4) is 5.75 Å². The summed E-state index contributed by atoms with van der Waals surface area (Å²) in [6.45, 7) is 0. The molecule has 1 aliphatic rings. The average Bonchev–Trinajstić information content (AvgIpc) is 2.98. The Kier molecular flexibility index (Phi) is 3.92. The second kappa shape index (κ2) is 6.18. The molecule has 0 fully saturated rings. The molecule has 116 valence electrons. The number of aromatic nitrogens is 3. The number of hydrogen-bond donors (Lipinski definition) is 3. The lowest BCUT2D eigenvalue weighted by molar-refractivity contribution is 0.428. The van der Waals surface area contributed by atoms with Gasteiger partial charge in [0.25, 0.3) is 0 Å². The van der Waals surface area contributed by atoms with Gasteiger partial charge in [-0.3, -0.25) is 0 Å². The lowest BCUT2D eigenvalue weighted by Crippen LogP contribution is -2.17. The number of hydrogen-bond acceptors (Lipinski definition) is 6. The van der Waals surface area contributed by atoms with E-state index >= 15 is 0 Å². The summed E-state index contributed by atoms with van der Waals surface area (Å²) in [5.74, 6) is 1.56. The molecule has 0 bridgehead atoms. The lowest BCUT2D eigenvalue weighted by atomic mass is 10.1. The van der Waals surface area contributed by atoms with E-state index in [2.05, 4.69) is 15.3 Å². The number of anilines is 1. The van der Waals surface area contributed by atoms with Crippen LogP contribution in [0.5, 0.6) is 5.75 Å². The fourth-order valence-electron chi connectivity index (χ4n) is 2.07. The molecule has 4 N–H and O–H groups in total. The predicted molar refractivity (Wildman–Crippen MR) is 88.5 cm³/mol. The molecule has 0 saturated heterocycles. The number of nitrogens with zero attached hydrogens (tertiary/aromatic N) is 3. The first-order valence-corrected chi connectivity index (χ1v) is 6.93. The second-order valence-corrected chi connectivity index (χ2v) is 4.94. The van der Waals surface area contributed by atoms with Gasteiger partial charge in [-0.15, -0.1) is 0 Å². The van der Waals surface area contributed by atoms with Gasteiger partial charge in [-0.1, -0.05) is 0 Å². The maximum absolute atomic E-state index is 7.27. The van der Waals surface area contributed by atoms with E-state index in [1.165, 1.54) is 6.21 Å². The van der Waals surface area contributed by atoms with Crippen molar-refractivity contribution in [1.29, 1.82) is 5.41 Å². The molecular formula is C16H16N6O. The number of imidazole rings is 1. The molecule has 0 aromatic carbocycles. The lowest BCUT2D eigenvalue weighted by Gasteiger charge is -2.18. The summed E-state index contributed by atoms with van der Waals surface area (Å²) in [4.78, 5) is 8.33. The van der Waals surface area contributed by atoms with Gasteiger partial charge < -0.3 is 25.8 Å². The number of ether oxygens (including phenoxy) is 1. The number of pyridine rings is 1. The fourth-order valence-corrected chi connectivity index (χ4v) is 2.07. The van der Waals surface area contributed by atoms with Crippen LogP contribution in [0, 0.1) is 5.41 Å². The van der Waals surface area contributed by atoms with Crippen molar-refractivity contribution in [1.82, 2.24) is 19.9 Å². The van der Waals surface area contributed by atoms with E-state index in [4.69, 9.17) is 15.9 Å². The van der Waals surface area contributed by atoms with Crippen LogP contribution in [-0.2, 0) is 7.05 Å². The SMILES string of the molecule is Cn1cnc(C2=CN/C(=C\C=N)C(Oc3ccc(N)nc3)=C2)c1. The predicted octanol–water partition coefficient (Wildman–Crippen LogP) is 1.84. The molecule has 3 rings (SSSR count). The van der Waals surface area contributed by atoms with Gasteiger partial charge in [-0.2, -0.15) is 0 Å². The third-order valence-electron chi connectivity index (χ3n) is 3.17. The van der Waals surface area contributed by atoms with E-state index in [1.807, 2.05) is 30.1 Å². The highest BCUT2D eigenvalue weighted by molar-refractivity contribution is 5.77. The normalized spacial score (nSPS) is 15.6. The molecule has 3 heterocycles. The highest BCUT2D eigenvalue weighted by Gasteiger charge is 2.15. The first kappa shape index (κ1) is 14.6. The molecule has 0 radical (unpaired) electrons. The molecule has 0 unspecified atom stereocenters. The minimum atomic E-state index is 0.428. The van der Waals surface area contributed by atoms with Crippen molar-refractivity contribution < 1.29 is 4.74 Å². The number of aryl methyl sites for hydroxylation is 1. The first-order valence-electron chi connectivity index (χ1n) is 6.93. The summed E-state index contributed by atoms with van der Waals surface area (Å²) in [5, 5.41) is 10.4. The number of nitrogen functional groups attached to an aromatic ring is 1. The molecule has 1 aliphatic heterocycles. The zero-order valence-electron chi connectivity index (χ0n) is 12.5. The van der Waals surface area contributed by atoms with Gasteiger partial charge in [-0.05, 0) is 24.3 Å². The summed E-state index contributed by atoms with van der Waals surface area (Å²) in [6, 6.07) is 3.41. The number of rotatable bonds is 4. The molecule has 7 heteroatoms. The van der Waals surface area contributed by atoms with Crippen LogP contribution in [0.15, 0.2) is 60.7 Å². The van der Waals surface area contributed by atoms with Crippen molar-refractivity contribution in [2.45, 2.75) is 0 Å². The van der Waals surface area contributed by atoms with Crippen LogP contribution in [0.25, 0.3) is 5.57 Å². The number of allylic oxidation sites excluding steroid dienone is 3. The monoisotopic (exact) mass is 308 g/mol. The fraction of sp³-hybridized carbons (Fsp3) is 0.0625. The van der Waals surface area contributed by atoms with Gasteiger partial charge >= 0.3 is 0 Å². The zero-order chi connectivity index (χ0) is 16.2. The Morgan fingerprint density at radius 1 is 1.35 bits per heavy atom. The van der Waals surface area contributed by atoms with Gasteiger partial charge in [0.05, 0.1) is 23.9 Å². The molecule has 0 saturated carbocycles. The molecule has 2 aromatic heterocycles. The van der Waals surface area contributed by atoms with E-state index in [0.717, 1.165) is 11.3 Å². The van der Waals surface area contributed by atoms with Gasteiger partial charge in [-0.25, -0.2) is 9.97 Å². The molecule has 23 heavy (non-hydrogen) atoms. The molecule has 0 spiro atoms. The van der Waals surface area contributed by atoms with Crippen molar-refractivity contribution in [2.24, 2.45) is 7.05 Å². The van der Waals surface area contributed by atoms with Crippen molar-refractivity contribution in [2.75, 3.05) is 5.73 Å². The topological polar surface area (TPSA) is 102 Å². The molecule has 2 aromatic rings. The van der Waals surface area contributed by atoms with Crippen LogP contribution in [0.1, 0.15) is 5.69 Å². The van der Waals surface area contributed by atoms with Crippen molar-refractivity contribution in [3.63, 3.8) is 0 Å². The Balaban J connectivity index is 1.92. The molecule has 0 amide bonds. The Morgan fingerprint density at radius 2 is 2.22 bits per heavy atom. The summed E-state index contributed by atoms with van der Waals surface area (Å²) < 4.78 is 7.74. The van der Waals surface area contributed by atoms with Crippen LogP contribution in [0.3, 0.4) is 0 Å². The maximum atomic E-state index is 7.27. The number of nitrogens with two attached hydrogens (primary N) is 1. The third-order valence-corrected chi connectivity index (χ3v) is 3.17. The van der Waals surface area contributed by atoms with E-state index < -0.39 is 0 Å². The molecular weight excluding hydrogens is 292 g/mol. The van der Waals surface area contributed by atoms with Gasteiger partial charge in [0.2, 0.25) is 0 Å².